The molecule has 154 valence electrons. The fourth-order valence-electron chi connectivity index (χ4n) is 3.28. The summed E-state index contributed by atoms with van der Waals surface area (Å²) >= 11 is 11.8. The Hall–Kier alpha value is -2.08. The number of anilines is 1. The quantitative estimate of drug-likeness (QED) is 0.699. The molecule has 29 heavy (non-hydrogen) atoms. The predicted molar refractivity (Wildman–Crippen MR) is 118 cm³/mol. The van der Waals surface area contributed by atoms with Crippen LogP contribution in [-0.2, 0) is 11.3 Å². The summed E-state index contributed by atoms with van der Waals surface area (Å²) in [6.45, 7) is 5.38. The van der Waals surface area contributed by atoms with E-state index in [2.05, 4.69) is 22.5 Å². The number of nitrogens with one attached hydrogen (secondary N) is 2. The van der Waals surface area contributed by atoms with Crippen molar-refractivity contribution in [2.24, 2.45) is 5.92 Å². The van der Waals surface area contributed by atoms with E-state index in [4.69, 9.17) is 23.2 Å². The van der Waals surface area contributed by atoms with Crippen LogP contribution in [0, 0.1) is 5.92 Å². The van der Waals surface area contributed by atoms with Crippen molar-refractivity contribution in [3.8, 4) is 0 Å². The van der Waals surface area contributed by atoms with Crippen LogP contribution in [0.2, 0.25) is 10.0 Å². The lowest BCUT2D eigenvalue weighted by Gasteiger charge is -2.30. The zero-order valence-electron chi connectivity index (χ0n) is 16.4. The van der Waals surface area contributed by atoms with Gasteiger partial charge in [0.1, 0.15) is 0 Å². The van der Waals surface area contributed by atoms with Crippen LogP contribution in [0.25, 0.3) is 0 Å². The van der Waals surface area contributed by atoms with Gasteiger partial charge in [-0.05, 0) is 67.7 Å². The molecule has 0 unspecified atom stereocenters. The first-order valence-electron chi connectivity index (χ1n) is 9.75. The molecule has 3 rings (SSSR count). The van der Waals surface area contributed by atoms with Crippen LogP contribution in [0.3, 0.4) is 0 Å². The van der Waals surface area contributed by atoms with Crippen LogP contribution in [-0.4, -0.2) is 36.3 Å². The minimum absolute atomic E-state index is 0.132. The fraction of sp³-hybridized carbons (Fsp3) is 0.364. The number of carbonyl (C=O) groups is 2. The highest BCUT2D eigenvalue weighted by atomic mass is 35.5. The van der Waals surface area contributed by atoms with Gasteiger partial charge in [-0.2, -0.15) is 0 Å². The molecular weight excluding hydrogens is 409 g/mol. The van der Waals surface area contributed by atoms with Gasteiger partial charge in [-0.3, -0.25) is 14.5 Å². The maximum absolute atomic E-state index is 12.1. The van der Waals surface area contributed by atoms with Gasteiger partial charge in [0.05, 0.1) is 16.6 Å². The molecule has 2 aromatic carbocycles. The van der Waals surface area contributed by atoms with Crippen molar-refractivity contribution in [2.75, 3.05) is 25.0 Å². The van der Waals surface area contributed by atoms with E-state index in [0.717, 1.165) is 25.6 Å². The van der Waals surface area contributed by atoms with Crippen LogP contribution >= 0.6 is 23.2 Å². The van der Waals surface area contributed by atoms with Crippen molar-refractivity contribution in [3.05, 3.63) is 63.6 Å². The maximum atomic E-state index is 12.1. The summed E-state index contributed by atoms with van der Waals surface area (Å²) in [6.07, 6.45) is 2.50. The fourth-order valence-corrected chi connectivity index (χ4v) is 3.58. The van der Waals surface area contributed by atoms with Crippen molar-refractivity contribution in [3.63, 3.8) is 0 Å². The number of likely N-dealkylation sites (tertiary alicyclic amines) is 1. The summed E-state index contributed by atoms with van der Waals surface area (Å²) in [5.74, 6) is 0.141. The molecule has 2 N–H and O–H groups in total. The molecule has 1 aliphatic heterocycles. The molecule has 1 aliphatic rings. The van der Waals surface area contributed by atoms with E-state index < -0.39 is 0 Å². The topological polar surface area (TPSA) is 61.4 Å². The number of benzene rings is 2. The molecule has 2 aromatic rings. The Morgan fingerprint density at radius 1 is 1.03 bits per heavy atom. The average molecular weight is 434 g/mol. The normalized spacial score (nSPS) is 15.1. The van der Waals surface area contributed by atoms with Crippen LogP contribution in [0.5, 0.6) is 0 Å². The van der Waals surface area contributed by atoms with Gasteiger partial charge in [0.2, 0.25) is 5.91 Å². The van der Waals surface area contributed by atoms with E-state index in [1.807, 2.05) is 24.3 Å². The van der Waals surface area contributed by atoms with Gasteiger partial charge < -0.3 is 10.6 Å². The number of nitrogens with zero attached hydrogens (tertiary/aromatic N) is 1. The average Bonchev–Trinajstić information content (AvgIpc) is 2.71. The summed E-state index contributed by atoms with van der Waals surface area (Å²) in [7, 11) is 0. The molecule has 1 saturated heterocycles. The molecule has 0 spiro atoms. The molecule has 1 heterocycles. The second-order valence-corrected chi connectivity index (χ2v) is 8.33. The van der Waals surface area contributed by atoms with Gasteiger partial charge in [-0.1, -0.05) is 42.3 Å². The zero-order chi connectivity index (χ0) is 20.8. The zero-order valence-corrected chi connectivity index (χ0v) is 17.9. The highest BCUT2D eigenvalue weighted by molar-refractivity contribution is 6.42. The van der Waals surface area contributed by atoms with E-state index >= 15 is 0 Å². The van der Waals surface area contributed by atoms with E-state index in [0.29, 0.717) is 21.3 Å². The molecule has 0 bridgehead atoms. The lowest BCUT2D eigenvalue weighted by atomic mass is 9.99. The van der Waals surface area contributed by atoms with Crippen molar-refractivity contribution in [1.29, 1.82) is 0 Å². The number of rotatable bonds is 6. The van der Waals surface area contributed by atoms with Crippen LogP contribution < -0.4 is 10.6 Å². The smallest absolute Gasteiger partial charge is 0.251 e. The third kappa shape index (κ3) is 6.46. The second-order valence-electron chi connectivity index (χ2n) is 7.52. The largest absolute Gasteiger partial charge is 0.343 e. The molecule has 0 radical (unpaired) electrons. The van der Waals surface area contributed by atoms with Crippen molar-refractivity contribution < 1.29 is 9.59 Å². The summed E-state index contributed by atoms with van der Waals surface area (Å²) in [5.41, 5.74) is 2.28. The van der Waals surface area contributed by atoms with Gasteiger partial charge in [-0.15, -0.1) is 0 Å². The lowest BCUT2D eigenvalue weighted by molar-refractivity contribution is -0.115. The number of amides is 2. The van der Waals surface area contributed by atoms with Gasteiger partial charge in [-0.25, -0.2) is 0 Å². The maximum Gasteiger partial charge on any atom is 0.251 e. The Labute approximate surface area is 181 Å². The molecule has 7 heteroatoms. The third-order valence-corrected chi connectivity index (χ3v) is 5.85. The lowest BCUT2D eigenvalue weighted by Crippen LogP contribution is -2.33. The number of hydrogen-bond acceptors (Lipinski definition) is 3. The van der Waals surface area contributed by atoms with Gasteiger partial charge in [0.15, 0.2) is 0 Å². The number of halogens is 2. The van der Waals surface area contributed by atoms with Gasteiger partial charge in [0, 0.05) is 17.8 Å². The summed E-state index contributed by atoms with van der Waals surface area (Å²) in [5, 5.41) is 6.04. The van der Waals surface area contributed by atoms with E-state index in [1.165, 1.54) is 24.5 Å². The number of hydrogen-bond donors (Lipinski definition) is 2. The summed E-state index contributed by atoms with van der Waals surface area (Å²) < 4.78 is 0. The standard InChI is InChI=1S/C22H25Cl2N3O2/c1-15-8-10-27(11-9-15)14-16-2-5-18(6-3-16)26-21(28)13-25-22(29)17-4-7-19(23)20(24)12-17/h2-7,12,15H,8-11,13-14H2,1H3,(H,25,29)(H,26,28). The van der Waals surface area contributed by atoms with Crippen molar-refractivity contribution in [1.82, 2.24) is 10.2 Å². The molecule has 0 atom stereocenters. The number of piperidine rings is 1. The van der Waals surface area contributed by atoms with Crippen molar-refractivity contribution in [2.45, 2.75) is 26.3 Å². The van der Waals surface area contributed by atoms with Gasteiger partial charge in [0.25, 0.3) is 5.91 Å². The highest BCUT2D eigenvalue weighted by Gasteiger charge is 2.15. The molecule has 1 fully saturated rings. The van der Waals surface area contributed by atoms with E-state index in [9.17, 15) is 9.59 Å². The van der Waals surface area contributed by atoms with Crippen LogP contribution in [0.15, 0.2) is 42.5 Å². The highest BCUT2D eigenvalue weighted by Crippen LogP contribution is 2.22. The molecular formula is C22H25Cl2N3O2. The van der Waals surface area contributed by atoms with E-state index in [-0.39, 0.29) is 18.4 Å². The molecule has 0 aromatic heterocycles. The van der Waals surface area contributed by atoms with E-state index in [1.54, 1.807) is 12.1 Å². The Balaban J connectivity index is 1.45. The summed E-state index contributed by atoms with van der Waals surface area (Å²) in [4.78, 5) is 26.7. The Bertz CT molecular complexity index is 863. The minimum Gasteiger partial charge on any atom is -0.343 e. The van der Waals surface area contributed by atoms with Crippen LogP contribution in [0.4, 0.5) is 5.69 Å². The predicted octanol–water partition coefficient (Wildman–Crippen LogP) is 4.59. The molecule has 0 aliphatic carbocycles. The second kappa shape index (κ2) is 10.1. The monoisotopic (exact) mass is 433 g/mol. The Morgan fingerprint density at radius 3 is 2.38 bits per heavy atom. The first-order valence-corrected chi connectivity index (χ1v) is 10.5. The SMILES string of the molecule is CC1CCN(Cc2ccc(NC(=O)CNC(=O)c3ccc(Cl)c(Cl)c3)cc2)CC1. The molecule has 2 amide bonds. The molecule has 5 nitrogen and oxygen atoms in total. The number of carbonyl (C=O) groups excluding carboxylic acids is 2. The first kappa shape index (κ1) is 21.6. The van der Waals surface area contributed by atoms with Crippen LogP contribution in [0.1, 0.15) is 35.7 Å². The molecule has 0 saturated carbocycles. The van der Waals surface area contributed by atoms with Crippen molar-refractivity contribution >= 4 is 40.7 Å². The Morgan fingerprint density at radius 2 is 1.72 bits per heavy atom. The third-order valence-electron chi connectivity index (χ3n) is 5.11. The summed E-state index contributed by atoms with van der Waals surface area (Å²) in [6, 6.07) is 12.4. The minimum atomic E-state index is -0.384. The Kier molecular flexibility index (Phi) is 7.53. The van der Waals surface area contributed by atoms with Gasteiger partial charge >= 0.3 is 0 Å². The first-order chi connectivity index (χ1) is 13.9.